The van der Waals surface area contributed by atoms with Crippen molar-refractivity contribution >= 4 is 5.91 Å². The Kier molecular flexibility index (Phi) is 5.85. The van der Waals surface area contributed by atoms with Crippen molar-refractivity contribution in [2.24, 2.45) is 0 Å². The van der Waals surface area contributed by atoms with Gasteiger partial charge >= 0.3 is 0 Å². The molecule has 0 atom stereocenters. The van der Waals surface area contributed by atoms with Gasteiger partial charge in [0, 0.05) is 19.5 Å². The van der Waals surface area contributed by atoms with Crippen molar-refractivity contribution in [1.29, 1.82) is 0 Å². The van der Waals surface area contributed by atoms with Gasteiger partial charge in [-0.25, -0.2) is 4.39 Å². The second-order valence-corrected chi connectivity index (χ2v) is 4.01. The van der Waals surface area contributed by atoms with Gasteiger partial charge in [0.1, 0.15) is 5.82 Å². The van der Waals surface area contributed by atoms with Crippen LogP contribution in [0.2, 0.25) is 0 Å². The van der Waals surface area contributed by atoms with Gasteiger partial charge in [-0.05, 0) is 24.1 Å². The van der Waals surface area contributed by atoms with E-state index < -0.39 is 0 Å². The molecule has 18 heavy (non-hydrogen) atoms. The van der Waals surface area contributed by atoms with Gasteiger partial charge in [0.2, 0.25) is 5.91 Å². The van der Waals surface area contributed by atoms with Crippen LogP contribution in [0.4, 0.5) is 4.39 Å². The molecule has 0 aliphatic carbocycles. The smallest absolute Gasteiger partial charge is 0.223 e. The zero-order valence-corrected chi connectivity index (χ0v) is 10.4. The fourth-order valence-corrected chi connectivity index (χ4v) is 1.69. The van der Waals surface area contributed by atoms with Crippen LogP contribution >= 0.6 is 0 Å². The number of hydrogen-bond acceptors (Lipinski definition) is 1. The fourth-order valence-electron chi connectivity index (χ4n) is 1.69. The minimum absolute atomic E-state index is 0.0269. The molecule has 0 N–H and O–H groups in total. The zero-order chi connectivity index (χ0) is 13.4. The molecular weight excluding hydrogens is 229 g/mol. The Bertz CT molecular complexity index is 418. The first-order valence-corrected chi connectivity index (χ1v) is 5.91. The first-order valence-electron chi connectivity index (χ1n) is 5.91. The number of carbonyl (C=O) groups is 1. The molecule has 0 saturated heterocycles. The lowest BCUT2D eigenvalue weighted by atomic mass is 10.1. The molecule has 96 valence electrons. The maximum absolute atomic E-state index is 13.0. The largest absolute Gasteiger partial charge is 0.335 e. The quantitative estimate of drug-likeness (QED) is 0.678. The summed E-state index contributed by atoms with van der Waals surface area (Å²) in [4.78, 5) is 13.6. The summed E-state index contributed by atoms with van der Waals surface area (Å²) in [7, 11) is 0. The summed E-state index contributed by atoms with van der Waals surface area (Å²) in [6.07, 6.45) is 4.28. The highest BCUT2D eigenvalue weighted by Crippen LogP contribution is 2.07. The van der Waals surface area contributed by atoms with Crippen LogP contribution in [-0.4, -0.2) is 23.9 Å². The number of aryl methyl sites for hydroxylation is 1. The van der Waals surface area contributed by atoms with Gasteiger partial charge in [-0.15, -0.1) is 13.2 Å². The Balaban J connectivity index is 2.53. The molecule has 1 rings (SSSR count). The van der Waals surface area contributed by atoms with Crippen LogP contribution in [-0.2, 0) is 11.2 Å². The number of amides is 1. The molecule has 1 aromatic rings. The van der Waals surface area contributed by atoms with E-state index >= 15 is 0 Å². The first kappa shape index (κ1) is 14.2. The molecule has 1 amide bonds. The molecule has 3 heteroatoms. The van der Waals surface area contributed by atoms with E-state index in [1.54, 1.807) is 23.1 Å². The van der Waals surface area contributed by atoms with Crippen molar-refractivity contribution in [3.8, 4) is 0 Å². The number of nitrogens with zero attached hydrogens (tertiary/aromatic N) is 1. The van der Waals surface area contributed by atoms with Crippen LogP contribution in [0.1, 0.15) is 12.0 Å². The molecule has 0 aliphatic heterocycles. The van der Waals surface area contributed by atoms with Gasteiger partial charge < -0.3 is 4.90 Å². The Labute approximate surface area is 107 Å². The summed E-state index contributed by atoms with van der Waals surface area (Å²) >= 11 is 0. The molecule has 2 nitrogen and oxygen atoms in total. The SMILES string of the molecule is C=CCN(CC=C)C(=O)CCc1cccc(F)c1. The molecular formula is C15H18FNO. The molecule has 0 radical (unpaired) electrons. The Hall–Kier alpha value is -1.90. The number of benzene rings is 1. The standard InChI is InChI=1S/C15H18FNO/c1-3-10-17(11-4-2)15(18)9-8-13-6-5-7-14(16)12-13/h3-7,12H,1-2,8-11H2. The van der Waals surface area contributed by atoms with Gasteiger partial charge in [-0.3, -0.25) is 4.79 Å². The third-order valence-electron chi connectivity index (χ3n) is 2.57. The van der Waals surface area contributed by atoms with E-state index in [1.165, 1.54) is 12.1 Å². The average molecular weight is 247 g/mol. The molecule has 0 bridgehead atoms. The summed E-state index contributed by atoms with van der Waals surface area (Å²) in [6.45, 7) is 8.25. The minimum atomic E-state index is -0.269. The number of rotatable bonds is 7. The summed E-state index contributed by atoms with van der Waals surface area (Å²) in [5, 5.41) is 0. The normalized spacial score (nSPS) is 9.83. The van der Waals surface area contributed by atoms with Crippen molar-refractivity contribution < 1.29 is 9.18 Å². The molecule has 0 aromatic heterocycles. The Morgan fingerprint density at radius 1 is 1.28 bits per heavy atom. The van der Waals surface area contributed by atoms with E-state index in [0.717, 1.165) is 5.56 Å². The molecule has 0 spiro atoms. The average Bonchev–Trinajstić information content (AvgIpc) is 2.36. The fraction of sp³-hybridized carbons (Fsp3) is 0.267. The van der Waals surface area contributed by atoms with Gasteiger partial charge in [0.15, 0.2) is 0 Å². The first-order chi connectivity index (χ1) is 8.67. The van der Waals surface area contributed by atoms with Crippen LogP contribution in [0, 0.1) is 5.82 Å². The van der Waals surface area contributed by atoms with Crippen molar-refractivity contribution in [3.05, 3.63) is 61.0 Å². The molecule has 0 aliphatic rings. The highest BCUT2D eigenvalue weighted by molar-refractivity contribution is 5.76. The van der Waals surface area contributed by atoms with Crippen LogP contribution in [0.25, 0.3) is 0 Å². The van der Waals surface area contributed by atoms with E-state index in [2.05, 4.69) is 13.2 Å². The van der Waals surface area contributed by atoms with Crippen LogP contribution in [0.5, 0.6) is 0 Å². The lowest BCUT2D eigenvalue weighted by Crippen LogP contribution is -2.31. The predicted molar refractivity (Wildman–Crippen MR) is 71.7 cm³/mol. The summed E-state index contributed by atoms with van der Waals surface area (Å²) in [5.41, 5.74) is 0.834. The second-order valence-electron chi connectivity index (χ2n) is 4.01. The van der Waals surface area contributed by atoms with E-state index in [4.69, 9.17) is 0 Å². The Morgan fingerprint density at radius 3 is 2.50 bits per heavy atom. The third kappa shape index (κ3) is 4.53. The molecule has 0 fully saturated rings. The lowest BCUT2D eigenvalue weighted by molar-refractivity contribution is -0.130. The predicted octanol–water partition coefficient (Wildman–Crippen LogP) is 2.96. The van der Waals surface area contributed by atoms with Gasteiger partial charge in [0.25, 0.3) is 0 Å². The molecule has 1 aromatic carbocycles. The molecule has 0 saturated carbocycles. The van der Waals surface area contributed by atoms with E-state index in [9.17, 15) is 9.18 Å². The zero-order valence-electron chi connectivity index (χ0n) is 10.4. The summed E-state index contributed by atoms with van der Waals surface area (Å²) in [6, 6.07) is 6.33. The van der Waals surface area contributed by atoms with Crippen molar-refractivity contribution in [1.82, 2.24) is 4.90 Å². The van der Waals surface area contributed by atoms with E-state index in [-0.39, 0.29) is 11.7 Å². The third-order valence-corrected chi connectivity index (χ3v) is 2.57. The highest BCUT2D eigenvalue weighted by atomic mass is 19.1. The second kappa shape index (κ2) is 7.43. The topological polar surface area (TPSA) is 20.3 Å². The molecule has 0 heterocycles. The summed E-state index contributed by atoms with van der Waals surface area (Å²) in [5.74, 6) is -0.243. The molecule has 0 unspecified atom stereocenters. The van der Waals surface area contributed by atoms with E-state index in [0.29, 0.717) is 25.9 Å². The maximum Gasteiger partial charge on any atom is 0.223 e. The van der Waals surface area contributed by atoms with Crippen molar-refractivity contribution in [2.45, 2.75) is 12.8 Å². The van der Waals surface area contributed by atoms with Gasteiger partial charge in [-0.1, -0.05) is 24.3 Å². The Morgan fingerprint density at radius 2 is 1.94 bits per heavy atom. The van der Waals surface area contributed by atoms with Crippen LogP contribution in [0.15, 0.2) is 49.6 Å². The van der Waals surface area contributed by atoms with Gasteiger partial charge in [0.05, 0.1) is 0 Å². The number of halogens is 1. The van der Waals surface area contributed by atoms with E-state index in [1.807, 2.05) is 6.07 Å². The number of hydrogen-bond donors (Lipinski definition) is 0. The number of carbonyl (C=O) groups excluding carboxylic acids is 1. The monoisotopic (exact) mass is 247 g/mol. The lowest BCUT2D eigenvalue weighted by Gasteiger charge is -2.19. The summed E-state index contributed by atoms with van der Waals surface area (Å²) < 4.78 is 13.0. The minimum Gasteiger partial charge on any atom is -0.335 e. The highest BCUT2D eigenvalue weighted by Gasteiger charge is 2.10. The van der Waals surface area contributed by atoms with Crippen molar-refractivity contribution in [2.75, 3.05) is 13.1 Å². The maximum atomic E-state index is 13.0. The van der Waals surface area contributed by atoms with Gasteiger partial charge in [-0.2, -0.15) is 0 Å². The van der Waals surface area contributed by atoms with Crippen molar-refractivity contribution in [3.63, 3.8) is 0 Å². The van der Waals surface area contributed by atoms with Crippen LogP contribution < -0.4 is 0 Å². The van der Waals surface area contributed by atoms with Crippen LogP contribution in [0.3, 0.4) is 0 Å².